The number of H-pyrrole nitrogens is 1. The SMILES string of the molecule is C[C@H]1O[C@@H](Oc2c[nH]c3ccc(Br)cc23)[C@H](O)[C@@H](O)[C@@H]1O. The first-order valence-corrected chi connectivity index (χ1v) is 7.39. The summed E-state index contributed by atoms with van der Waals surface area (Å²) in [5.74, 6) is 0.506. The molecule has 0 amide bonds. The number of aromatic nitrogens is 1. The number of aromatic amines is 1. The second-order valence-corrected chi connectivity index (χ2v) is 6.06. The Hall–Kier alpha value is -1.12. The number of rotatable bonds is 2. The molecule has 1 aliphatic rings. The van der Waals surface area contributed by atoms with E-state index >= 15 is 0 Å². The van der Waals surface area contributed by atoms with Gasteiger partial charge in [-0.05, 0) is 25.1 Å². The summed E-state index contributed by atoms with van der Waals surface area (Å²) in [6.45, 7) is 1.61. The standard InChI is InChI=1S/C14H16BrNO5/c1-6-11(17)12(18)13(19)14(20-6)21-10-5-16-9-3-2-7(15)4-8(9)10/h2-6,11-14,16-19H,1H3/t6-,11-,12+,13-,14+/m1/s1. The van der Waals surface area contributed by atoms with Crippen molar-refractivity contribution in [1.82, 2.24) is 4.98 Å². The van der Waals surface area contributed by atoms with E-state index < -0.39 is 30.7 Å². The van der Waals surface area contributed by atoms with Gasteiger partial charge in [0.2, 0.25) is 6.29 Å². The van der Waals surface area contributed by atoms with Gasteiger partial charge in [0.1, 0.15) is 24.1 Å². The number of hydrogen-bond donors (Lipinski definition) is 4. The summed E-state index contributed by atoms with van der Waals surface area (Å²) in [5.41, 5.74) is 0.882. The minimum Gasteiger partial charge on any atom is -0.460 e. The normalized spacial score (nSPS) is 33.3. The molecule has 114 valence electrons. The van der Waals surface area contributed by atoms with Crippen molar-refractivity contribution in [2.45, 2.75) is 37.6 Å². The van der Waals surface area contributed by atoms with E-state index in [1.807, 2.05) is 18.2 Å². The van der Waals surface area contributed by atoms with Crippen LogP contribution in [0.3, 0.4) is 0 Å². The van der Waals surface area contributed by atoms with Crippen LogP contribution in [0.5, 0.6) is 5.75 Å². The molecule has 0 spiro atoms. The van der Waals surface area contributed by atoms with E-state index in [0.29, 0.717) is 5.75 Å². The van der Waals surface area contributed by atoms with Crippen molar-refractivity contribution in [1.29, 1.82) is 0 Å². The van der Waals surface area contributed by atoms with Gasteiger partial charge in [0.05, 0.1) is 6.10 Å². The van der Waals surface area contributed by atoms with E-state index in [0.717, 1.165) is 15.4 Å². The van der Waals surface area contributed by atoms with Gasteiger partial charge in [-0.2, -0.15) is 0 Å². The van der Waals surface area contributed by atoms with Crippen molar-refractivity contribution in [3.05, 3.63) is 28.9 Å². The van der Waals surface area contributed by atoms with Gasteiger partial charge in [-0.25, -0.2) is 0 Å². The molecule has 1 aromatic carbocycles. The second-order valence-electron chi connectivity index (χ2n) is 5.14. The van der Waals surface area contributed by atoms with Gasteiger partial charge in [0, 0.05) is 21.6 Å². The highest BCUT2D eigenvalue weighted by Crippen LogP contribution is 2.31. The highest BCUT2D eigenvalue weighted by Gasteiger charge is 2.43. The molecule has 0 radical (unpaired) electrons. The van der Waals surface area contributed by atoms with Crippen LogP contribution in [0.2, 0.25) is 0 Å². The zero-order chi connectivity index (χ0) is 15.1. The van der Waals surface area contributed by atoms with E-state index in [-0.39, 0.29) is 0 Å². The van der Waals surface area contributed by atoms with Crippen LogP contribution in [0.4, 0.5) is 0 Å². The average Bonchev–Trinajstić information content (AvgIpc) is 2.85. The number of hydrogen-bond acceptors (Lipinski definition) is 5. The topological polar surface area (TPSA) is 94.9 Å². The molecular weight excluding hydrogens is 342 g/mol. The Morgan fingerprint density at radius 3 is 2.71 bits per heavy atom. The average molecular weight is 358 g/mol. The molecule has 21 heavy (non-hydrogen) atoms. The molecule has 0 aliphatic carbocycles. The molecule has 2 aromatic rings. The van der Waals surface area contributed by atoms with Crippen molar-refractivity contribution in [3.8, 4) is 5.75 Å². The molecule has 3 rings (SSSR count). The number of ether oxygens (including phenoxy) is 2. The molecule has 2 heterocycles. The van der Waals surface area contributed by atoms with Crippen LogP contribution in [0, 0.1) is 0 Å². The maximum absolute atomic E-state index is 9.97. The number of aliphatic hydroxyl groups excluding tert-OH is 3. The molecule has 1 aromatic heterocycles. The van der Waals surface area contributed by atoms with E-state index in [1.165, 1.54) is 0 Å². The fraction of sp³-hybridized carbons (Fsp3) is 0.429. The lowest BCUT2D eigenvalue weighted by Crippen LogP contribution is -2.58. The van der Waals surface area contributed by atoms with E-state index in [9.17, 15) is 15.3 Å². The van der Waals surface area contributed by atoms with Crippen LogP contribution >= 0.6 is 15.9 Å². The maximum Gasteiger partial charge on any atom is 0.229 e. The first kappa shape index (κ1) is 14.8. The molecule has 5 atom stereocenters. The molecule has 0 unspecified atom stereocenters. The lowest BCUT2D eigenvalue weighted by atomic mass is 10.00. The Bertz CT molecular complexity index is 645. The summed E-state index contributed by atoms with van der Waals surface area (Å²) >= 11 is 3.39. The van der Waals surface area contributed by atoms with E-state index in [1.54, 1.807) is 13.1 Å². The van der Waals surface area contributed by atoms with Gasteiger partial charge in [-0.15, -0.1) is 0 Å². The van der Waals surface area contributed by atoms with Crippen LogP contribution in [-0.4, -0.2) is 51.0 Å². The predicted molar refractivity (Wildman–Crippen MR) is 79.0 cm³/mol. The number of aliphatic hydroxyl groups is 3. The highest BCUT2D eigenvalue weighted by molar-refractivity contribution is 9.10. The Morgan fingerprint density at radius 2 is 1.95 bits per heavy atom. The van der Waals surface area contributed by atoms with Gasteiger partial charge in [-0.3, -0.25) is 0 Å². The van der Waals surface area contributed by atoms with Gasteiger partial charge in [0.25, 0.3) is 0 Å². The molecule has 1 saturated heterocycles. The van der Waals surface area contributed by atoms with Gasteiger partial charge < -0.3 is 29.8 Å². The van der Waals surface area contributed by atoms with Crippen LogP contribution < -0.4 is 4.74 Å². The molecule has 0 bridgehead atoms. The summed E-state index contributed by atoms with van der Waals surface area (Å²) in [5, 5.41) is 30.3. The zero-order valence-electron chi connectivity index (χ0n) is 11.2. The fourth-order valence-electron chi connectivity index (χ4n) is 2.40. The minimum absolute atomic E-state index is 0.506. The lowest BCUT2D eigenvalue weighted by molar-refractivity contribution is -0.267. The van der Waals surface area contributed by atoms with Crippen molar-refractivity contribution in [2.24, 2.45) is 0 Å². The summed E-state index contributed by atoms with van der Waals surface area (Å²) in [4.78, 5) is 3.06. The maximum atomic E-state index is 9.97. The first-order valence-electron chi connectivity index (χ1n) is 6.60. The third-order valence-corrected chi connectivity index (χ3v) is 4.15. The molecule has 7 heteroatoms. The van der Waals surface area contributed by atoms with Crippen LogP contribution in [0.1, 0.15) is 6.92 Å². The summed E-state index contributed by atoms with van der Waals surface area (Å²) in [6.07, 6.45) is -3.79. The first-order chi connectivity index (χ1) is 9.97. The highest BCUT2D eigenvalue weighted by atomic mass is 79.9. The van der Waals surface area contributed by atoms with Gasteiger partial charge in [0.15, 0.2) is 0 Å². The van der Waals surface area contributed by atoms with Gasteiger partial charge in [-0.1, -0.05) is 15.9 Å². The summed E-state index contributed by atoms with van der Waals surface area (Å²) in [6, 6.07) is 5.67. The molecule has 0 saturated carbocycles. The molecule has 6 nitrogen and oxygen atoms in total. The summed E-state index contributed by atoms with van der Waals surface area (Å²) < 4.78 is 12.0. The lowest BCUT2D eigenvalue weighted by Gasteiger charge is -2.38. The van der Waals surface area contributed by atoms with Crippen molar-refractivity contribution in [2.75, 3.05) is 0 Å². The summed E-state index contributed by atoms with van der Waals surface area (Å²) in [7, 11) is 0. The third-order valence-electron chi connectivity index (χ3n) is 3.66. The van der Waals surface area contributed by atoms with E-state index in [4.69, 9.17) is 9.47 Å². The number of fused-ring (bicyclic) bond motifs is 1. The molecular formula is C14H16BrNO5. The van der Waals surface area contributed by atoms with Crippen LogP contribution in [0.25, 0.3) is 10.9 Å². The zero-order valence-corrected chi connectivity index (χ0v) is 12.8. The number of nitrogens with one attached hydrogen (secondary N) is 1. The minimum atomic E-state index is -1.33. The molecule has 4 N–H and O–H groups in total. The Balaban J connectivity index is 1.86. The van der Waals surface area contributed by atoms with Crippen LogP contribution in [-0.2, 0) is 4.74 Å². The largest absolute Gasteiger partial charge is 0.460 e. The molecule has 1 aliphatic heterocycles. The van der Waals surface area contributed by atoms with Gasteiger partial charge >= 0.3 is 0 Å². The second kappa shape index (κ2) is 5.58. The Kier molecular flexibility index (Phi) is 3.94. The number of benzene rings is 1. The Labute approximate surface area is 129 Å². The van der Waals surface area contributed by atoms with Crippen molar-refractivity contribution >= 4 is 26.8 Å². The quantitative estimate of drug-likeness (QED) is 0.646. The third kappa shape index (κ3) is 2.67. The number of halogens is 1. The predicted octanol–water partition coefficient (Wildman–Crippen LogP) is 1.14. The van der Waals surface area contributed by atoms with E-state index in [2.05, 4.69) is 20.9 Å². The monoisotopic (exact) mass is 357 g/mol. The Morgan fingerprint density at radius 1 is 1.19 bits per heavy atom. The van der Waals surface area contributed by atoms with Crippen molar-refractivity contribution in [3.63, 3.8) is 0 Å². The van der Waals surface area contributed by atoms with Crippen LogP contribution in [0.15, 0.2) is 28.9 Å². The molecule has 1 fully saturated rings. The van der Waals surface area contributed by atoms with Crippen molar-refractivity contribution < 1.29 is 24.8 Å². The fourth-order valence-corrected chi connectivity index (χ4v) is 2.76. The smallest absolute Gasteiger partial charge is 0.229 e.